The Kier molecular flexibility index (Phi) is 6.21. The third-order valence-corrected chi connectivity index (χ3v) is 5.74. The Balaban J connectivity index is 1.95. The molecule has 0 saturated carbocycles. The lowest BCUT2D eigenvalue weighted by molar-refractivity contribution is 0.344. The van der Waals surface area contributed by atoms with Crippen LogP contribution in [0.25, 0.3) is 0 Å². The normalized spacial score (nSPS) is 11.7. The van der Waals surface area contributed by atoms with E-state index in [1.165, 1.54) is 0 Å². The smallest absolute Gasteiger partial charge is 0.179 e. The van der Waals surface area contributed by atoms with E-state index in [1.54, 1.807) is 31.4 Å². The minimum Gasteiger partial charge on any atom is -0.497 e. The van der Waals surface area contributed by atoms with E-state index < -0.39 is 9.84 Å². The summed E-state index contributed by atoms with van der Waals surface area (Å²) in [6.45, 7) is 1.14. The van der Waals surface area contributed by atoms with Crippen LogP contribution in [0.3, 0.4) is 0 Å². The van der Waals surface area contributed by atoms with Crippen molar-refractivity contribution in [1.82, 2.24) is 4.90 Å². The molecule has 0 bridgehead atoms. The van der Waals surface area contributed by atoms with Crippen LogP contribution in [-0.2, 0) is 16.4 Å². The number of halogens is 1. The molecule has 0 amide bonds. The van der Waals surface area contributed by atoms with Gasteiger partial charge in [0, 0.05) is 17.6 Å². The fourth-order valence-electron chi connectivity index (χ4n) is 2.20. The molecule has 4 nitrogen and oxygen atoms in total. The molecule has 0 spiro atoms. The largest absolute Gasteiger partial charge is 0.497 e. The van der Waals surface area contributed by atoms with Gasteiger partial charge in [-0.25, -0.2) is 8.42 Å². The summed E-state index contributed by atoms with van der Waals surface area (Å²) in [5.41, 5.74) is 1.09. The van der Waals surface area contributed by atoms with Crippen molar-refractivity contribution in [3.05, 3.63) is 58.6 Å². The summed E-state index contributed by atoms with van der Waals surface area (Å²) in [5.74, 6) is 0.896. The average molecular weight is 398 g/mol. The number of nitrogens with zero attached hydrogens (tertiary/aromatic N) is 1. The first kappa shape index (κ1) is 18.0. The van der Waals surface area contributed by atoms with Gasteiger partial charge < -0.3 is 9.64 Å². The van der Waals surface area contributed by atoms with Gasteiger partial charge >= 0.3 is 0 Å². The summed E-state index contributed by atoms with van der Waals surface area (Å²) in [5, 5.41) is 0. The molecule has 2 rings (SSSR count). The predicted octanol–water partition coefficient (Wildman–Crippen LogP) is 3.36. The highest BCUT2D eigenvalue weighted by Gasteiger charge is 2.15. The molecular formula is C17H20BrNO3S. The summed E-state index contributed by atoms with van der Waals surface area (Å²) in [7, 11) is 0.281. The first-order chi connectivity index (χ1) is 10.9. The highest BCUT2D eigenvalue weighted by atomic mass is 79.9. The Morgan fingerprint density at radius 1 is 1.13 bits per heavy atom. The molecule has 0 N–H and O–H groups in total. The molecule has 2 aromatic carbocycles. The number of sulfone groups is 1. The van der Waals surface area contributed by atoms with Crippen molar-refractivity contribution < 1.29 is 13.2 Å². The SMILES string of the molecule is COc1cccc(CN(C)CCS(=O)(=O)c2ccc(Br)cc2)c1. The molecule has 23 heavy (non-hydrogen) atoms. The maximum Gasteiger partial charge on any atom is 0.179 e. The van der Waals surface area contributed by atoms with Crippen molar-refractivity contribution in [1.29, 1.82) is 0 Å². The van der Waals surface area contributed by atoms with Crippen LogP contribution < -0.4 is 4.74 Å². The van der Waals surface area contributed by atoms with Crippen molar-refractivity contribution in [2.45, 2.75) is 11.4 Å². The van der Waals surface area contributed by atoms with Crippen LogP contribution in [0, 0.1) is 0 Å². The molecule has 124 valence electrons. The van der Waals surface area contributed by atoms with Gasteiger partial charge in [0.2, 0.25) is 0 Å². The minimum atomic E-state index is -3.26. The van der Waals surface area contributed by atoms with Gasteiger partial charge in [0.15, 0.2) is 9.84 Å². The molecule has 0 unspecified atom stereocenters. The Bertz CT molecular complexity index is 745. The van der Waals surface area contributed by atoms with Crippen molar-refractivity contribution in [2.75, 3.05) is 26.5 Å². The van der Waals surface area contributed by atoms with Crippen LogP contribution in [0.1, 0.15) is 5.56 Å². The lowest BCUT2D eigenvalue weighted by Gasteiger charge is -2.17. The van der Waals surface area contributed by atoms with Crippen molar-refractivity contribution in [3.63, 3.8) is 0 Å². The number of benzene rings is 2. The van der Waals surface area contributed by atoms with Crippen molar-refractivity contribution >= 4 is 25.8 Å². The quantitative estimate of drug-likeness (QED) is 0.718. The second-order valence-corrected chi connectivity index (χ2v) is 8.39. The standard InChI is InChI=1S/C17H20BrNO3S/c1-19(13-14-4-3-5-16(12-14)22-2)10-11-23(20,21)17-8-6-15(18)7-9-17/h3-9,12H,10-11,13H2,1-2H3. The zero-order valence-electron chi connectivity index (χ0n) is 13.2. The molecule has 6 heteroatoms. The Morgan fingerprint density at radius 2 is 1.83 bits per heavy atom. The number of hydrogen-bond donors (Lipinski definition) is 0. The summed E-state index contributed by atoms with van der Waals surface area (Å²) in [6.07, 6.45) is 0. The maximum atomic E-state index is 12.3. The highest BCUT2D eigenvalue weighted by molar-refractivity contribution is 9.10. The molecule has 0 aromatic heterocycles. The fraction of sp³-hybridized carbons (Fsp3) is 0.294. The summed E-state index contributed by atoms with van der Waals surface area (Å²) < 4.78 is 30.7. The summed E-state index contributed by atoms with van der Waals surface area (Å²) in [6, 6.07) is 14.5. The van der Waals surface area contributed by atoms with Gasteiger partial charge in [-0.1, -0.05) is 28.1 Å². The number of ether oxygens (including phenoxy) is 1. The van der Waals surface area contributed by atoms with Crippen LogP contribution in [0.4, 0.5) is 0 Å². The Hall–Kier alpha value is -1.37. The van der Waals surface area contributed by atoms with Gasteiger partial charge in [0.05, 0.1) is 17.8 Å². The number of rotatable bonds is 7. The van der Waals surface area contributed by atoms with Gasteiger partial charge in [-0.2, -0.15) is 0 Å². The second kappa shape index (κ2) is 7.95. The molecule has 0 heterocycles. The van der Waals surface area contributed by atoms with Gasteiger partial charge in [0.1, 0.15) is 5.75 Å². The highest BCUT2D eigenvalue weighted by Crippen LogP contribution is 2.17. The van der Waals surface area contributed by atoms with E-state index in [1.807, 2.05) is 36.2 Å². The van der Waals surface area contributed by atoms with Gasteiger partial charge in [0.25, 0.3) is 0 Å². The average Bonchev–Trinajstić information content (AvgIpc) is 2.54. The lowest BCUT2D eigenvalue weighted by atomic mass is 10.2. The molecule has 0 aliphatic rings. The van der Waals surface area contributed by atoms with E-state index in [4.69, 9.17) is 4.74 Å². The van der Waals surface area contributed by atoms with Crippen LogP contribution in [-0.4, -0.2) is 39.8 Å². The predicted molar refractivity (Wildman–Crippen MR) is 95.5 cm³/mol. The van der Waals surface area contributed by atoms with Crippen LogP contribution in [0.2, 0.25) is 0 Å². The van der Waals surface area contributed by atoms with E-state index in [9.17, 15) is 8.42 Å². The topological polar surface area (TPSA) is 46.6 Å². The van der Waals surface area contributed by atoms with Gasteiger partial charge in [-0.3, -0.25) is 0 Å². The molecule has 0 aliphatic carbocycles. The van der Waals surface area contributed by atoms with Crippen molar-refractivity contribution in [3.8, 4) is 5.75 Å². The van der Waals surface area contributed by atoms with E-state index in [0.717, 1.165) is 15.8 Å². The van der Waals surface area contributed by atoms with Crippen LogP contribution >= 0.6 is 15.9 Å². The first-order valence-corrected chi connectivity index (χ1v) is 9.65. The number of hydrogen-bond acceptors (Lipinski definition) is 4. The lowest BCUT2D eigenvalue weighted by Crippen LogP contribution is -2.25. The zero-order valence-corrected chi connectivity index (χ0v) is 15.6. The molecule has 0 radical (unpaired) electrons. The molecule has 0 atom stereocenters. The molecule has 0 aliphatic heterocycles. The molecule has 2 aromatic rings. The van der Waals surface area contributed by atoms with E-state index in [-0.39, 0.29) is 5.75 Å². The Labute approximate surface area is 146 Å². The molecule has 0 fully saturated rings. The molecule has 0 saturated heterocycles. The summed E-state index contributed by atoms with van der Waals surface area (Å²) >= 11 is 3.31. The van der Waals surface area contributed by atoms with Gasteiger partial charge in [-0.05, 0) is 49.0 Å². The fourth-order valence-corrected chi connectivity index (χ4v) is 3.80. The first-order valence-electron chi connectivity index (χ1n) is 7.20. The third kappa shape index (κ3) is 5.34. The maximum absolute atomic E-state index is 12.3. The summed E-state index contributed by atoms with van der Waals surface area (Å²) in [4.78, 5) is 2.35. The Morgan fingerprint density at radius 3 is 2.48 bits per heavy atom. The van der Waals surface area contributed by atoms with Gasteiger partial charge in [-0.15, -0.1) is 0 Å². The monoisotopic (exact) mass is 397 g/mol. The number of methoxy groups -OCH3 is 1. The van der Waals surface area contributed by atoms with E-state index >= 15 is 0 Å². The zero-order chi connectivity index (χ0) is 16.9. The van der Waals surface area contributed by atoms with Crippen LogP contribution in [0.5, 0.6) is 5.75 Å². The van der Waals surface area contributed by atoms with Crippen LogP contribution in [0.15, 0.2) is 57.9 Å². The van der Waals surface area contributed by atoms with Crippen molar-refractivity contribution in [2.24, 2.45) is 0 Å². The second-order valence-electron chi connectivity index (χ2n) is 5.36. The van der Waals surface area contributed by atoms with E-state index in [0.29, 0.717) is 18.0 Å². The minimum absolute atomic E-state index is 0.0924. The molecular weight excluding hydrogens is 378 g/mol. The third-order valence-electron chi connectivity index (χ3n) is 3.50. The van der Waals surface area contributed by atoms with E-state index in [2.05, 4.69) is 15.9 Å².